The average molecular weight is 463 g/mol. The Morgan fingerprint density at radius 2 is 1.85 bits per heavy atom. The Labute approximate surface area is 198 Å². The Hall–Kier alpha value is -3.27. The lowest BCUT2D eigenvalue weighted by Crippen LogP contribution is -2.71. The van der Waals surface area contributed by atoms with Gasteiger partial charge in [-0.2, -0.15) is 4.98 Å². The van der Waals surface area contributed by atoms with Crippen LogP contribution in [0.3, 0.4) is 0 Å². The molecule has 2 N–H and O–H groups in total. The van der Waals surface area contributed by atoms with Crippen LogP contribution < -0.4 is 20.4 Å². The maximum atomic E-state index is 13.2. The van der Waals surface area contributed by atoms with Gasteiger partial charge >= 0.3 is 11.8 Å². The first kappa shape index (κ1) is 21.3. The molecule has 10 heteroatoms. The number of aryl methyl sites for hydroxylation is 1. The first-order chi connectivity index (χ1) is 16.5. The van der Waals surface area contributed by atoms with Crippen LogP contribution in [0, 0.1) is 5.92 Å². The number of pyridine rings is 1. The van der Waals surface area contributed by atoms with E-state index in [2.05, 4.69) is 43.5 Å². The SMILES string of the molecule is CN1CCN(c2ccc(Nc3ncc4c(n3)N(C35CC(C3)C5)C(=O)C(=O)NCCC4)nc2)CC1. The smallest absolute Gasteiger partial charge is 0.317 e. The van der Waals surface area contributed by atoms with E-state index in [4.69, 9.17) is 4.98 Å². The summed E-state index contributed by atoms with van der Waals surface area (Å²) in [6, 6.07) is 3.98. The molecule has 3 aliphatic carbocycles. The lowest BCUT2D eigenvalue weighted by atomic mass is 9.49. The molecular formula is C24H30N8O2. The van der Waals surface area contributed by atoms with Crippen LogP contribution in [0.5, 0.6) is 0 Å². The highest BCUT2D eigenvalue weighted by atomic mass is 16.2. The quantitative estimate of drug-likeness (QED) is 0.656. The number of fused-ring (bicyclic) bond motifs is 1. The molecule has 2 amide bonds. The Balaban J connectivity index is 1.26. The van der Waals surface area contributed by atoms with E-state index in [1.165, 1.54) is 0 Å². The van der Waals surface area contributed by atoms with Gasteiger partial charge in [0.1, 0.15) is 11.6 Å². The number of likely N-dealkylation sites (N-methyl/N-ethyl adjacent to an activating group) is 1. The summed E-state index contributed by atoms with van der Waals surface area (Å²) in [7, 11) is 2.14. The van der Waals surface area contributed by atoms with Crippen molar-refractivity contribution in [3.8, 4) is 0 Å². The predicted octanol–water partition coefficient (Wildman–Crippen LogP) is 1.31. The van der Waals surface area contributed by atoms with Crippen molar-refractivity contribution in [2.24, 2.45) is 5.92 Å². The van der Waals surface area contributed by atoms with E-state index in [1.807, 2.05) is 12.3 Å². The van der Waals surface area contributed by atoms with E-state index < -0.39 is 11.8 Å². The standard InChI is InChI=1S/C24H30N8O2/c1-30-7-9-31(10-8-30)18-4-5-19(26-15-18)28-23-27-14-17-3-2-6-25-21(33)22(34)32(20(17)29-23)24-11-16(12-24)13-24/h4-5,14-16H,2-3,6-13H2,1H3,(H,25,33)(H,26,27,28,29). The molecule has 2 aliphatic heterocycles. The fourth-order valence-corrected chi connectivity index (χ4v) is 5.55. The zero-order valence-electron chi connectivity index (χ0n) is 19.5. The van der Waals surface area contributed by atoms with Crippen LogP contribution >= 0.6 is 0 Å². The summed E-state index contributed by atoms with van der Waals surface area (Å²) in [4.78, 5) is 45.8. The number of nitrogens with zero attached hydrogens (tertiary/aromatic N) is 6. The van der Waals surface area contributed by atoms with Gasteiger partial charge in [-0.1, -0.05) is 0 Å². The van der Waals surface area contributed by atoms with Crippen molar-refractivity contribution >= 4 is 35.1 Å². The van der Waals surface area contributed by atoms with Crippen molar-refractivity contribution in [2.75, 3.05) is 54.9 Å². The normalized spacial score (nSPS) is 26.9. The monoisotopic (exact) mass is 462 g/mol. The molecule has 2 aromatic rings. The number of aromatic nitrogens is 3. The van der Waals surface area contributed by atoms with Crippen LogP contribution in [0.1, 0.15) is 31.2 Å². The third-order valence-electron chi connectivity index (χ3n) is 7.70. The van der Waals surface area contributed by atoms with E-state index in [0.29, 0.717) is 36.5 Å². The molecule has 2 bridgehead atoms. The lowest BCUT2D eigenvalue weighted by Gasteiger charge is -2.65. The van der Waals surface area contributed by atoms with Gasteiger partial charge < -0.3 is 20.4 Å². The molecule has 4 heterocycles. The second-order valence-electron chi connectivity index (χ2n) is 10.1. The van der Waals surface area contributed by atoms with E-state index in [0.717, 1.165) is 63.1 Å². The second-order valence-corrected chi connectivity index (χ2v) is 10.1. The fraction of sp³-hybridized carbons (Fsp3) is 0.542. The van der Waals surface area contributed by atoms with E-state index >= 15 is 0 Å². The first-order valence-electron chi connectivity index (χ1n) is 12.2. The third-order valence-corrected chi connectivity index (χ3v) is 7.70. The van der Waals surface area contributed by atoms with Crippen molar-refractivity contribution in [1.29, 1.82) is 0 Å². The number of amides is 2. The Morgan fingerprint density at radius 1 is 1.06 bits per heavy atom. The number of piperazine rings is 1. The molecule has 0 aromatic carbocycles. The Morgan fingerprint density at radius 3 is 2.53 bits per heavy atom. The van der Waals surface area contributed by atoms with Gasteiger partial charge in [0.15, 0.2) is 0 Å². The molecule has 3 saturated carbocycles. The molecule has 7 rings (SSSR count). The van der Waals surface area contributed by atoms with Crippen molar-refractivity contribution in [2.45, 2.75) is 37.6 Å². The zero-order chi connectivity index (χ0) is 23.3. The van der Waals surface area contributed by atoms with Gasteiger partial charge in [0.2, 0.25) is 5.95 Å². The largest absolute Gasteiger partial charge is 0.368 e. The second kappa shape index (κ2) is 8.19. The molecule has 0 unspecified atom stereocenters. The molecule has 10 nitrogen and oxygen atoms in total. The Bertz CT molecular complexity index is 1100. The fourth-order valence-electron chi connectivity index (χ4n) is 5.55. The number of carbonyl (C=O) groups excluding carboxylic acids is 2. The molecule has 0 spiro atoms. The molecule has 178 valence electrons. The highest BCUT2D eigenvalue weighted by molar-refractivity contribution is 6.40. The number of hydrogen-bond donors (Lipinski definition) is 2. The van der Waals surface area contributed by atoms with Crippen molar-refractivity contribution in [3.63, 3.8) is 0 Å². The summed E-state index contributed by atoms with van der Waals surface area (Å²) in [6.45, 7) is 4.52. The minimum absolute atomic E-state index is 0.272. The van der Waals surface area contributed by atoms with Gasteiger partial charge in [0, 0.05) is 44.5 Å². The number of hydrogen-bond acceptors (Lipinski definition) is 8. The molecule has 0 atom stereocenters. The number of carbonyl (C=O) groups is 2. The highest BCUT2D eigenvalue weighted by Gasteiger charge is 2.63. The average Bonchev–Trinajstić information content (AvgIpc) is 2.84. The molecule has 4 fully saturated rings. The molecule has 2 aromatic heterocycles. The summed E-state index contributed by atoms with van der Waals surface area (Å²) in [5, 5.41) is 5.95. The highest BCUT2D eigenvalue weighted by Crippen LogP contribution is 2.61. The van der Waals surface area contributed by atoms with Crippen molar-refractivity contribution < 1.29 is 9.59 Å². The number of anilines is 4. The van der Waals surface area contributed by atoms with Crippen LogP contribution in [0.15, 0.2) is 24.5 Å². The molecular weight excluding hydrogens is 432 g/mol. The summed E-state index contributed by atoms with van der Waals surface area (Å²) in [6.07, 6.45) is 7.91. The third kappa shape index (κ3) is 3.66. The topological polar surface area (TPSA) is 107 Å². The zero-order valence-corrected chi connectivity index (χ0v) is 19.5. The summed E-state index contributed by atoms with van der Waals surface area (Å²) in [5.41, 5.74) is 1.73. The summed E-state index contributed by atoms with van der Waals surface area (Å²) < 4.78 is 0. The van der Waals surface area contributed by atoms with Crippen LogP contribution in [-0.2, 0) is 16.0 Å². The Kier molecular flexibility index (Phi) is 5.13. The lowest BCUT2D eigenvalue weighted by molar-refractivity contribution is -0.141. The van der Waals surface area contributed by atoms with Gasteiger partial charge in [-0.3, -0.25) is 14.5 Å². The van der Waals surface area contributed by atoms with Gasteiger partial charge in [-0.25, -0.2) is 9.97 Å². The minimum Gasteiger partial charge on any atom is -0.368 e. The van der Waals surface area contributed by atoms with Crippen molar-refractivity contribution in [1.82, 2.24) is 25.2 Å². The number of nitrogens with one attached hydrogen (secondary N) is 2. The maximum absolute atomic E-state index is 13.2. The van der Waals surface area contributed by atoms with Crippen LogP contribution in [0.25, 0.3) is 0 Å². The summed E-state index contributed by atoms with van der Waals surface area (Å²) in [5.74, 6) is 1.18. The predicted molar refractivity (Wildman–Crippen MR) is 128 cm³/mol. The van der Waals surface area contributed by atoms with E-state index in [9.17, 15) is 9.59 Å². The van der Waals surface area contributed by atoms with Crippen LogP contribution in [-0.4, -0.2) is 77.0 Å². The van der Waals surface area contributed by atoms with Crippen molar-refractivity contribution in [3.05, 3.63) is 30.1 Å². The minimum atomic E-state index is -0.549. The molecule has 34 heavy (non-hydrogen) atoms. The van der Waals surface area contributed by atoms with Gasteiger partial charge in [-0.05, 0) is 57.2 Å². The molecule has 1 saturated heterocycles. The maximum Gasteiger partial charge on any atom is 0.317 e. The molecule has 5 aliphatic rings. The van der Waals surface area contributed by atoms with Gasteiger partial charge in [0.05, 0.1) is 17.4 Å². The first-order valence-corrected chi connectivity index (χ1v) is 12.2. The summed E-state index contributed by atoms with van der Waals surface area (Å²) >= 11 is 0. The van der Waals surface area contributed by atoms with Gasteiger partial charge in [0.25, 0.3) is 0 Å². The van der Waals surface area contributed by atoms with Crippen LogP contribution in [0.4, 0.5) is 23.3 Å². The van der Waals surface area contributed by atoms with E-state index in [1.54, 1.807) is 11.1 Å². The molecule has 0 radical (unpaired) electrons. The van der Waals surface area contributed by atoms with Crippen LogP contribution in [0.2, 0.25) is 0 Å². The van der Waals surface area contributed by atoms with E-state index in [-0.39, 0.29) is 5.54 Å². The van der Waals surface area contributed by atoms with Gasteiger partial charge in [-0.15, -0.1) is 0 Å². The number of rotatable bonds is 4.